The van der Waals surface area contributed by atoms with Gasteiger partial charge in [0.2, 0.25) is 0 Å². The molecule has 1 aliphatic rings. The van der Waals surface area contributed by atoms with Gasteiger partial charge in [-0.2, -0.15) is 0 Å². The summed E-state index contributed by atoms with van der Waals surface area (Å²) in [6.45, 7) is 1.89. The summed E-state index contributed by atoms with van der Waals surface area (Å²) >= 11 is 0. The van der Waals surface area contributed by atoms with E-state index in [1.165, 1.54) is 5.56 Å². The molecular formula is C19H22N2O. The van der Waals surface area contributed by atoms with Gasteiger partial charge in [-0.1, -0.05) is 48.5 Å². The second-order valence-electron chi connectivity index (χ2n) is 5.88. The minimum atomic E-state index is 0.125. The standard InChI is InChI=1S/C19H22N2O/c1-21(17-11-12-20-14-17)19(22)18-10-6-5-9-16(18)13-15-7-3-2-4-8-15/h2-10,17,20H,11-14H2,1H3. The molecule has 1 saturated heterocycles. The Hall–Kier alpha value is -2.13. The van der Waals surface area contributed by atoms with Crippen LogP contribution < -0.4 is 5.32 Å². The van der Waals surface area contributed by atoms with Gasteiger partial charge in [0.1, 0.15) is 0 Å². The SMILES string of the molecule is CN(C(=O)c1ccccc1Cc1ccccc1)C1CCNC1. The maximum atomic E-state index is 12.8. The molecule has 114 valence electrons. The molecule has 1 fully saturated rings. The van der Waals surface area contributed by atoms with Crippen molar-refractivity contribution in [3.63, 3.8) is 0 Å². The molecule has 0 aliphatic carbocycles. The van der Waals surface area contributed by atoms with E-state index in [-0.39, 0.29) is 5.91 Å². The molecule has 1 heterocycles. The summed E-state index contributed by atoms with van der Waals surface area (Å²) in [5.41, 5.74) is 3.14. The first-order valence-electron chi connectivity index (χ1n) is 7.85. The number of carbonyl (C=O) groups excluding carboxylic acids is 1. The van der Waals surface area contributed by atoms with Gasteiger partial charge in [0.15, 0.2) is 0 Å². The largest absolute Gasteiger partial charge is 0.337 e. The van der Waals surface area contributed by atoms with Gasteiger partial charge in [0.05, 0.1) is 0 Å². The van der Waals surface area contributed by atoms with Crippen molar-refractivity contribution >= 4 is 5.91 Å². The Morgan fingerprint density at radius 3 is 2.59 bits per heavy atom. The highest BCUT2D eigenvalue weighted by atomic mass is 16.2. The predicted molar refractivity (Wildman–Crippen MR) is 89.1 cm³/mol. The number of amides is 1. The zero-order chi connectivity index (χ0) is 15.4. The molecule has 3 nitrogen and oxygen atoms in total. The zero-order valence-corrected chi connectivity index (χ0v) is 13.0. The first-order valence-corrected chi connectivity index (χ1v) is 7.85. The number of likely N-dealkylation sites (N-methyl/N-ethyl adjacent to an activating group) is 1. The molecule has 2 aromatic rings. The third-order valence-corrected chi connectivity index (χ3v) is 4.39. The molecule has 1 unspecified atom stereocenters. The molecule has 0 radical (unpaired) electrons. The fourth-order valence-corrected chi connectivity index (χ4v) is 3.02. The average molecular weight is 294 g/mol. The lowest BCUT2D eigenvalue weighted by Crippen LogP contribution is -2.38. The van der Waals surface area contributed by atoms with Gasteiger partial charge in [-0.3, -0.25) is 4.79 Å². The highest BCUT2D eigenvalue weighted by molar-refractivity contribution is 5.95. The Morgan fingerprint density at radius 1 is 1.14 bits per heavy atom. The molecule has 0 saturated carbocycles. The normalized spacial score (nSPS) is 17.4. The van der Waals surface area contributed by atoms with Crippen molar-refractivity contribution in [2.45, 2.75) is 18.9 Å². The Labute approximate surface area is 132 Å². The van der Waals surface area contributed by atoms with Crippen molar-refractivity contribution in [2.24, 2.45) is 0 Å². The fourth-order valence-electron chi connectivity index (χ4n) is 3.02. The van der Waals surface area contributed by atoms with E-state index in [0.29, 0.717) is 6.04 Å². The lowest BCUT2D eigenvalue weighted by atomic mass is 9.98. The van der Waals surface area contributed by atoms with E-state index in [1.54, 1.807) is 0 Å². The van der Waals surface area contributed by atoms with Crippen LogP contribution in [0.2, 0.25) is 0 Å². The summed E-state index contributed by atoms with van der Waals surface area (Å²) in [4.78, 5) is 14.7. The summed E-state index contributed by atoms with van der Waals surface area (Å²) in [6.07, 6.45) is 1.82. The van der Waals surface area contributed by atoms with Crippen molar-refractivity contribution in [1.82, 2.24) is 10.2 Å². The third kappa shape index (κ3) is 3.20. The van der Waals surface area contributed by atoms with Gasteiger partial charge in [0.25, 0.3) is 5.91 Å². The molecular weight excluding hydrogens is 272 g/mol. The van der Waals surface area contributed by atoms with Gasteiger partial charge in [-0.15, -0.1) is 0 Å². The monoisotopic (exact) mass is 294 g/mol. The number of nitrogens with zero attached hydrogens (tertiary/aromatic N) is 1. The topological polar surface area (TPSA) is 32.3 Å². The van der Waals surface area contributed by atoms with E-state index in [2.05, 4.69) is 23.5 Å². The van der Waals surface area contributed by atoms with E-state index in [4.69, 9.17) is 0 Å². The molecule has 1 atom stereocenters. The molecule has 22 heavy (non-hydrogen) atoms. The van der Waals surface area contributed by atoms with Gasteiger partial charge in [-0.25, -0.2) is 0 Å². The number of carbonyl (C=O) groups is 1. The predicted octanol–water partition coefficient (Wildman–Crippen LogP) is 2.71. The zero-order valence-electron chi connectivity index (χ0n) is 13.0. The Kier molecular flexibility index (Phi) is 4.54. The van der Waals surface area contributed by atoms with E-state index in [0.717, 1.165) is 37.1 Å². The van der Waals surface area contributed by atoms with Crippen LogP contribution in [0.1, 0.15) is 27.9 Å². The molecule has 3 heteroatoms. The highest BCUT2D eigenvalue weighted by Crippen LogP contribution is 2.18. The summed E-state index contributed by atoms with van der Waals surface area (Å²) < 4.78 is 0. The Morgan fingerprint density at radius 2 is 1.86 bits per heavy atom. The number of benzene rings is 2. The fraction of sp³-hybridized carbons (Fsp3) is 0.316. The maximum Gasteiger partial charge on any atom is 0.254 e. The second-order valence-corrected chi connectivity index (χ2v) is 5.88. The van der Waals surface area contributed by atoms with Crippen molar-refractivity contribution in [3.8, 4) is 0 Å². The minimum Gasteiger partial charge on any atom is -0.337 e. The summed E-state index contributed by atoms with van der Waals surface area (Å²) in [5.74, 6) is 0.125. The lowest BCUT2D eigenvalue weighted by molar-refractivity contribution is 0.0743. The van der Waals surface area contributed by atoms with Crippen LogP contribution >= 0.6 is 0 Å². The Balaban J connectivity index is 1.82. The summed E-state index contributed by atoms with van der Waals surface area (Å²) in [7, 11) is 1.92. The molecule has 1 aliphatic heterocycles. The van der Waals surface area contributed by atoms with Crippen LogP contribution in [0.15, 0.2) is 54.6 Å². The van der Waals surface area contributed by atoms with Crippen LogP contribution in [0, 0.1) is 0 Å². The van der Waals surface area contributed by atoms with Crippen molar-refractivity contribution in [1.29, 1.82) is 0 Å². The van der Waals surface area contributed by atoms with Crippen molar-refractivity contribution in [2.75, 3.05) is 20.1 Å². The smallest absolute Gasteiger partial charge is 0.254 e. The molecule has 0 bridgehead atoms. The molecule has 3 rings (SSSR count). The molecule has 0 spiro atoms. The number of hydrogen-bond donors (Lipinski definition) is 1. The maximum absolute atomic E-state index is 12.8. The molecule has 0 aromatic heterocycles. The quantitative estimate of drug-likeness (QED) is 0.940. The van der Waals surface area contributed by atoms with Crippen molar-refractivity contribution < 1.29 is 4.79 Å². The van der Waals surface area contributed by atoms with Crippen LogP contribution in [-0.4, -0.2) is 37.0 Å². The first kappa shape index (κ1) is 14.8. The first-order chi connectivity index (χ1) is 10.8. The van der Waals surface area contributed by atoms with E-state index in [9.17, 15) is 4.79 Å². The van der Waals surface area contributed by atoms with E-state index < -0.39 is 0 Å². The average Bonchev–Trinajstić information content (AvgIpc) is 3.09. The van der Waals surface area contributed by atoms with E-state index in [1.807, 2.05) is 48.3 Å². The second kappa shape index (κ2) is 6.75. The third-order valence-electron chi connectivity index (χ3n) is 4.39. The molecule has 2 aromatic carbocycles. The number of rotatable bonds is 4. The van der Waals surface area contributed by atoms with Crippen LogP contribution in [-0.2, 0) is 6.42 Å². The van der Waals surface area contributed by atoms with Crippen LogP contribution in [0.4, 0.5) is 0 Å². The van der Waals surface area contributed by atoms with Gasteiger partial charge < -0.3 is 10.2 Å². The van der Waals surface area contributed by atoms with Gasteiger partial charge in [-0.05, 0) is 36.6 Å². The lowest BCUT2D eigenvalue weighted by Gasteiger charge is -2.25. The van der Waals surface area contributed by atoms with Crippen molar-refractivity contribution in [3.05, 3.63) is 71.3 Å². The number of hydrogen-bond acceptors (Lipinski definition) is 2. The molecule has 1 N–H and O–H groups in total. The number of nitrogens with one attached hydrogen (secondary N) is 1. The summed E-state index contributed by atoms with van der Waals surface area (Å²) in [6, 6.07) is 18.6. The highest BCUT2D eigenvalue weighted by Gasteiger charge is 2.25. The van der Waals surface area contributed by atoms with Gasteiger partial charge in [0, 0.05) is 25.2 Å². The van der Waals surface area contributed by atoms with E-state index >= 15 is 0 Å². The molecule has 1 amide bonds. The Bertz CT molecular complexity index is 633. The van der Waals surface area contributed by atoms with Crippen LogP contribution in [0.3, 0.4) is 0 Å². The van der Waals surface area contributed by atoms with Crippen LogP contribution in [0.5, 0.6) is 0 Å². The summed E-state index contributed by atoms with van der Waals surface area (Å²) in [5, 5.41) is 3.32. The minimum absolute atomic E-state index is 0.125. The van der Waals surface area contributed by atoms with Gasteiger partial charge >= 0.3 is 0 Å². The van der Waals surface area contributed by atoms with Crippen LogP contribution in [0.25, 0.3) is 0 Å².